The Bertz CT molecular complexity index is 478. The highest BCUT2D eigenvalue weighted by molar-refractivity contribution is 6.50. The molecular formula is C13H14ClNO3. The van der Waals surface area contributed by atoms with Crippen LogP contribution in [0.25, 0.3) is 5.03 Å². The quantitative estimate of drug-likeness (QED) is 0.395. The Balaban J connectivity index is 3.10. The molecule has 0 unspecified atom stereocenters. The first-order valence-corrected chi connectivity index (χ1v) is 5.66. The highest BCUT2D eigenvalue weighted by Crippen LogP contribution is 2.24. The number of nitrogens with zero attached hydrogens (tertiary/aromatic N) is 1. The van der Waals surface area contributed by atoms with Crippen molar-refractivity contribution in [2.45, 2.75) is 13.3 Å². The average molecular weight is 268 g/mol. The van der Waals surface area contributed by atoms with E-state index in [2.05, 4.69) is 9.89 Å². The zero-order chi connectivity index (χ0) is 13.5. The molecule has 1 aromatic rings. The van der Waals surface area contributed by atoms with Gasteiger partial charge in [-0.1, -0.05) is 46.6 Å². The van der Waals surface area contributed by atoms with Gasteiger partial charge in [0.05, 0.1) is 24.8 Å². The van der Waals surface area contributed by atoms with E-state index in [1.807, 2.05) is 31.2 Å². The second-order valence-corrected chi connectivity index (χ2v) is 4.08. The molecule has 1 N–H and O–H groups in total. The number of halogens is 1. The second-order valence-electron chi connectivity index (χ2n) is 3.70. The summed E-state index contributed by atoms with van der Waals surface area (Å²) in [6, 6.07) is 7.48. The molecule has 0 saturated heterocycles. The highest BCUT2D eigenvalue weighted by atomic mass is 35.5. The molecule has 18 heavy (non-hydrogen) atoms. The molecule has 0 radical (unpaired) electrons. The summed E-state index contributed by atoms with van der Waals surface area (Å²) in [5.74, 6) is -0.449. The molecule has 0 amide bonds. The lowest BCUT2D eigenvalue weighted by Crippen LogP contribution is -2.04. The number of methoxy groups -OCH3 is 1. The molecule has 1 rings (SSSR count). The number of oxime groups is 1. The third-order valence-electron chi connectivity index (χ3n) is 2.36. The maximum absolute atomic E-state index is 11.2. The molecule has 4 nitrogen and oxygen atoms in total. The first kappa shape index (κ1) is 14.3. The van der Waals surface area contributed by atoms with Crippen LogP contribution in [0.3, 0.4) is 0 Å². The van der Waals surface area contributed by atoms with Crippen molar-refractivity contribution in [3.8, 4) is 0 Å². The van der Waals surface area contributed by atoms with E-state index in [4.69, 9.17) is 16.8 Å². The van der Waals surface area contributed by atoms with Crippen LogP contribution in [0.5, 0.6) is 0 Å². The van der Waals surface area contributed by atoms with E-state index in [1.165, 1.54) is 7.11 Å². The van der Waals surface area contributed by atoms with Gasteiger partial charge in [-0.3, -0.25) is 4.79 Å². The molecule has 0 heterocycles. The Kier molecular flexibility index (Phi) is 5.39. The summed E-state index contributed by atoms with van der Waals surface area (Å²) in [7, 11) is 1.29. The Morgan fingerprint density at radius 3 is 2.56 bits per heavy atom. The lowest BCUT2D eigenvalue weighted by Gasteiger charge is -2.06. The number of rotatable bonds is 4. The molecular weight excluding hydrogens is 254 g/mol. The van der Waals surface area contributed by atoms with Crippen molar-refractivity contribution in [1.82, 2.24) is 0 Å². The number of esters is 1. The van der Waals surface area contributed by atoms with Gasteiger partial charge in [0.1, 0.15) is 0 Å². The summed E-state index contributed by atoms with van der Waals surface area (Å²) in [6.07, 6.45) is 1.09. The predicted molar refractivity (Wildman–Crippen MR) is 70.9 cm³/mol. The third-order valence-corrected chi connectivity index (χ3v) is 2.82. The maximum Gasteiger partial charge on any atom is 0.310 e. The molecule has 0 aliphatic heterocycles. The van der Waals surface area contributed by atoms with E-state index in [0.29, 0.717) is 10.6 Å². The van der Waals surface area contributed by atoms with Crippen LogP contribution in [-0.2, 0) is 9.53 Å². The van der Waals surface area contributed by atoms with Crippen LogP contribution in [0.2, 0.25) is 0 Å². The van der Waals surface area contributed by atoms with Gasteiger partial charge < -0.3 is 9.94 Å². The summed E-state index contributed by atoms with van der Waals surface area (Å²) < 4.78 is 4.56. The van der Waals surface area contributed by atoms with Gasteiger partial charge in [-0.25, -0.2) is 0 Å². The van der Waals surface area contributed by atoms with Crippen molar-refractivity contribution in [3.05, 3.63) is 41.0 Å². The van der Waals surface area contributed by atoms with Gasteiger partial charge in [0, 0.05) is 5.57 Å². The SMILES string of the molecule is COC(=O)CC(/C=N/O)=C(/Cl)c1ccc(C)cc1. The number of benzene rings is 1. The Labute approximate surface area is 111 Å². The monoisotopic (exact) mass is 267 g/mol. The molecule has 96 valence electrons. The number of hydrogen-bond acceptors (Lipinski definition) is 4. The smallest absolute Gasteiger partial charge is 0.310 e. The first-order chi connectivity index (χ1) is 8.58. The van der Waals surface area contributed by atoms with Gasteiger partial charge in [0.2, 0.25) is 0 Å². The lowest BCUT2D eigenvalue weighted by atomic mass is 10.1. The van der Waals surface area contributed by atoms with Gasteiger partial charge >= 0.3 is 5.97 Å². The summed E-state index contributed by atoms with van der Waals surface area (Å²) >= 11 is 6.17. The highest BCUT2D eigenvalue weighted by Gasteiger charge is 2.11. The van der Waals surface area contributed by atoms with Crippen LogP contribution in [-0.4, -0.2) is 24.5 Å². The molecule has 0 spiro atoms. The second kappa shape index (κ2) is 6.81. The maximum atomic E-state index is 11.2. The molecule has 0 saturated carbocycles. The van der Waals surface area contributed by atoms with E-state index >= 15 is 0 Å². The van der Waals surface area contributed by atoms with Crippen molar-refractivity contribution in [1.29, 1.82) is 0 Å². The van der Waals surface area contributed by atoms with Crippen molar-refractivity contribution >= 4 is 28.8 Å². The van der Waals surface area contributed by atoms with Crippen molar-refractivity contribution < 1.29 is 14.7 Å². The lowest BCUT2D eigenvalue weighted by molar-refractivity contribution is -0.139. The first-order valence-electron chi connectivity index (χ1n) is 5.28. The summed E-state index contributed by atoms with van der Waals surface area (Å²) in [6.45, 7) is 1.96. The van der Waals surface area contributed by atoms with Crippen LogP contribution in [0.4, 0.5) is 0 Å². The molecule has 0 aliphatic carbocycles. The van der Waals surface area contributed by atoms with Gasteiger partial charge in [-0.15, -0.1) is 0 Å². The number of carbonyl (C=O) groups excluding carboxylic acids is 1. The van der Waals surface area contributed by atoms with Gasteiger partial charge in [-0.2, -0.15) is 0 Å². The molecule has 0 aromatic heterocycles. The predicted octanol–water partition coefficient (Wildman–Crippen LogP) is 2.97. The normalized spacial score (nSPS) is 12.4. The molecule has 0 fully saturated rings. The minimum absolute atomic E-state index is 0.0483. The zero-order valence-corrected chi connectivity index (χ0v) is 10.9. The fourth-order valence-corrected chi connectivity index (χ4v) is 1.60. The fourth-order valence-electron chi connectivity index (χ4n) is 1.36. The number of ether oxygens (including phenoxy) is 1. The largest absolute Gasteiger partial charge is 0.469 e. The molecule has 1 aromatic carbocycles. The Morgan fingerprint density at radius 2 is 2.06 bits per heavy atom. The molecule has 5 heteroatoms. The average Bonchev–Trinajstić information content (AvgIpc) is 2.38. The van der Waals surface area contributed by atoms with E-state index in [-0.39, 0.29) is 6.42 Å². The van der Waals surface area contributed by atoms with Crippen molar-refractivity contribution in [2.24, 2.45) is 5.16 Å². The van der Waals surface area contributed by atoms with E-state index in [1.54, 1.807) is 0 Å². The van der Waals surface area contributed by atoms with Gasteiger partial charge in [0.15, 0.2) is 0 Å². The molecule has 0 bridgehead atoms. The Morgan fingerprint density at radius 1 is 1.44 bits per heavy atom. The standard InChI is InChI=1S/C13H14ClNO3/c1-9-3-5-10(6-4-9)13(14)11(8-15-17)7-12(16)18-2/h3-6,8,17H,7H2,1-2H3/b13-11-,15-8+. The third kappa shape index (κ3) is 3.89. The van der Waals surface area contributed by atoms with Gasteiger partial charge in [0.25, 0.3) is 0 Å². The van der Waals surface area contributed by atoms with E-state index in [0.717, 1.165) is 17.3 Å². The van der Waals surface area contributed by atoms with E-state index in [9.17, 15) is 4.79 Å². The summed E-state index contributed by atoms with van der Waals surface area (Å²) in [5.41, 5.74) is 2.25. The Hall–Kier alpha value is -1.81. The van der Waals surface area contributed by atoms with Crippen LogP contribution in [0.15, 0.2) is 35.0 Å². The number of aryl methyl sites for hydroxylation is 1. The summed E-state index contributed by atoms with van der Waals surface area (Å²) in [5, 5.41) is 11.9. The van der Waals surface area contributed by atoms with Crippen LogP contribution in [0.1, 0.15) is 17.5 Å². The van der Waals surface area contributed by atoms with Gasteiger partial charge in [-0.05, 0) is 12.5 Å². The summed E-state index contributed by atoms with van der Waals surface area (Å²) in [4.78, 5) is 11.2. The number of carbonyl (C=O) groups is 1. The van der Waals surface area contributed by atoms with E-state index < -0.39 is 5.97 Å². The van der Waals surface area contributed by atoms with Crippen molar-refractivity contribution in [2.75, 3.05) is 7.11 Å². The number of hydrogen-bond donors (Lipinski definition) is 1. The molecule has 0 atom stereocenters. The van der Waals surface area contributed by atoms with Crippen molar-refractivity contribution in [3.63, 3.8) is 0 Å². The van der Waals surface area contributed by atoms with Crippen LogP contribution < -0.4 is 0 Å². The van der Waals surface area contributed by atoms with Crippen LogP contribution in [0, 0.1) is 6.92 Å². The zero-order valence-electron chi connectivity index (χ0n) is 10.2. The minimum Gasteiger partial charge on any atom is -0.469 e. The minimum atomic E-state index is -0.449. The topological polar surface area (TPSA) is 58.9 Å². The fraction of sp³-hybridized carbons (Fsp3) is 0.231. The van der Waals surface area contributed by atoms with Crippen LogP contribution >= 0.6 is 11.6 Å². The molecule has 0 aliphatic rings.